The number of fused-ring (bicyclic) bond motifs is 1. The lowest BCUT2D eigenvalue weighted by Crippen LogP contribution is -2.30. The molecule has 0 radical (unpaired) electrons. The molecule has 0 spiro atoms. The van der Waals surface area contributed by atoms with E-state index in [9.17, 15) is 0 Å². The molecular formula is C15H21NO. The van der Waals surface area contributed by atoms with Crippen LogP contribution in [0.3, 0.4) is 0 Å². The summed E-state index contributed by atoms with van der Waals surface area (Å²) in [6, 6.07) is 10.7. The molecule has 1 aromatic rings. The predicted octanol–water partition coefficient (Wildman–Crippen LogP) is 2.69. The Morgan fingerprint density at radius 2 is 2.06 bits per heavy atom. The van der Waals surface area contributed by atoms with Gasteiger partial charge in [0, 0.05) is 19.0 Å². The van der Waals surface area contributed by atoms with Crippen LogP contribution in [0.4, 0.5) is 0 Å². The van der Waals surface area contributed by atoms with Crippen LogP contribution in [-0.2, 0) is 11.3 Å². The first kappa shape index (κ1) is 11.2. The van der Waals surface area contributed by atoms with Crippen molar-refractivity contribution in [1.82, 2.24) is 4.90 Å². The SMILES string of the molecule is CN(Cc1ccccc1)C[C@@H]1CCC[C@@H]2O[C@H]12. The molecule has 1 heterocycles. The molecule has 1 aromatic carbocycles. The van der Waals surface area contributed by atoms with Crippen LogP contribution in [0.5, 0.6) is 0 Å². The van der Waals surface area contributed by atoms with E-state index >= 15 is 0 Å². The van der Waals surface area contributed by atoms with Crippen molar-refractivity contribution in [2.45, 2.75) is 38.0 Å². The zero-order valence-corrected chi connectivity index (χ0v) is 10.5. The van der Waals surface area contributed by atoms with Crippen LogP contribution in [-0.4, -0.2) is 30.7 Å². The Morgan fingerprint density at radius 3 is 2.88 bits per heavy atom. The number of benzene rings is 1. The van der Waals surface area contributed by atoms with Crippen molar-refractivity contribution in [2.75, 3.05) is 13.6 Å². The van der Waals surface area contributed by atoms with Gasteiger partial charge < -0.3 is 9.64 Å². The normalized spacial score (nSPS) is 31.3. The Hall–Kier alpha value is -0.860. The van der Waals surface area contributed by atoms with Gasteiger partial charge in [-0.2, -0.15) is 0 Å². The lowest BCUT2D eigenvalue weighted by atomic mass is 9.89. The summed E-state index contributed by atoms with van der Waals surface area (Å²) in [7, 11) is 2.22. The molecule has 1 aliphatic carbocycles. The summed E-state index contributed by atoms with van der Waals surface area (Å²) in [5.74, 6) is 0.766. The fraction of sp³-hybridized carbons (Fsp3) is 0.600. The Labute approximate surface area is 104 Å². The lowest BCUT2D eigenvalue weighted by molar-refractivity contribution is 0.221. The molecule has 2 nitrogen and oxygen atoms in total. The average Bonchev–Trinajstić information content (AvgIpc) is 3.10. The maximum absolute atomic E-state index is 5.71. The van der Waals surface area contributed by atoms with E-state index in [0.29, 0.717) is 12.2 Å². The molecule has 1 saturated carbocycles. The second-order valence-electron chi connectivity index (χ2n) is 5.51. The minimum atomic E-state index is 0.585. The fourth-order valence-corrected chi connectivity index (χ4v) is 3.10. The quantitative estimate of drug-likeness (QED) is 0.740. The van der Waals surface area contributed by atoms with Crippen LogP contribution in [0.2, 0.25) is 0 Å². The number of rotatable bonds is 4. The van der Waals surface area contributed by atoms with Gasteiger partial charge in [0.25, 0.3) is 0 Å². The van der Waals surface area contributed by atoms with Crippen molar-refractivity contribution in [2.24, 2.45) is 5.92 Å². The summed E-state index contributed by atoms with van der Waals surface area (Å²) < 4.78 is 5.71. The van der Waals surface area contributed by atoms with Crippen LogP contribution < -0.4 is 0 Å². The highest BCUT2D eigenvalue weighted by Crippen LogP contribution is 2.40. The highest BCUT2D eigenvalue weighted by atomic mass is 16.6. The maximum atomic E-state index is 5.71. The third-order valence-electron chi connectivity index (χ3n) is 3.99. The summed E-state index contributed by atoms with van der Waals surface area (Å²) >= 11 is 0. The van der Waals surface area contributed by atoms with E-state index in [1.165, 1.54) is 31.4 Å². The second kappa shape index (κ2) is 4.79. The molecule has 3 rings (SSSR count). The van der Waals surface area contributed by atoms with Gasteiger partial charge in [-0.25, -0.2) is 0 Å². The highest BCUT2D eigenvalue weighted by Gasteiger charge is 2.46. The Bertz CT molecular complexity index is 364. The van der Waals surface area contributed by atoms with E-state index in [0.717, 1.165) is 12.5 Å². The third-order valence-corrected chi connectivity index (χ3v) is 3.99. The average molecular weight is 231 g/mol. The summed E-state index contributed by atoms with van der Waals surface area (Å²) in [6.45, 7) is 2.23. The van der Waals surface area contributed by atoms with Gasteiger partial charge in [-0.15, -0.1) is 0 Å². The standard InChI is InChI=1S/C15H21NO/c1-16(10-12-6-3-2-4-7-12)11-13-8-5-9-14-15(13)17-14/h2-4,6-7,13-15H,5,8-11H2,1H3/t13-,14-,15+/m0/s1. The number of ether oxygens (including phenoxy) is 1. The molecule has 0 amide bonds. The molecule has 0 unspecified atom stereocenters. The fourth-order valence-electron chi connectivity index (χ4n) is 3.10. The molecule has 2 aliphatic rings. The van der Waals surface area contributed by atoms with Gasteiger partial charge in [-0.05, 0) is 25.5 Å². The minimum absolute atomic E-state index is 0.585. The lowest BCUT2D eigenvalue weighted by Gasteiger charge is -2.25. The first-order valence-electron chi connectivity index (χ1n) is 6.71. The van der Waals surface area contributed by atoms with E-state index in [-0.39, 0.29) is 0 Å². The minimum Gasteiger partial charge on any atom is -0.369 e. The van der Waals surface area contributed by atoms with E-state index < -0.39 is 0 Å². The molecule has 2 heteroatoms. The number of hydrogen-bond acceptors (Lipinski definition) is 2. The summed E-state index contributed by atoms with van der Waals surface area (Å²) in [5.41, 5.74) is 1.40. The van der Waals surface area contributed by atoms with Crippen molar-refractivity contribution in [3.05, 3.63) is 35.9 Å². The molecule has 0 bridgehead atoms. The highest BCUT2D eigenvalue weighted by molar-refractivity contribution is 5.14. The molecule has 1 saturated heterocycles. The van der Waals surface area contributed by atoms with Gasteiger partial charge in [0.15, 0.2) is 0 Å². The van der Waals surface area contributed by atoms with Gasteiger partial charge in [-0.1, -0.05) is 36.8 Å². The predicted molar refractivity (Wildman–Crippen MR) is 68.8 cm³/mol. The topological polar surface area (TPSA) is 15.8 Å². The molecule has 3 atom stereocenters. The zero-order valence-electron chi connectivity index (χ0n) is 10.5. The van der Waals surface area contributed by atoms with Crippen LogP contribution >= 0.6 is 0 Å². The summed E-state index contributed by atoms with van der Waals surface area (Å²) in [5, 5.41) is 0. The van der Waals surface area contributed by atoms with E-state index in [1.54, 1.807) is 0 Å². The van der Waals surface area contributed by atoms with Gasteiger partial charge in [0.1, 0.15) is 0 Å². The zero-order chi connectivity index (χ0) is 11.7. The number of hydrogen-bond donors (Lipinski definition) is 0. The summed E-state index contributed by atoms with van der Waals surface area (Å²) in [4.78, 5) is 2.43. The monoisotopic (exact) mass is 231 g/mol. The largest absolute Gasteiger partial charge is 0.369 e. The Balaban J connectivity index is 1.51. The van der Waals surface area contributed by atoms with Crippen LogP contribution in [0.25, 0.3) is 0 Å². The van der Waals surface area contributed by atoms with E-state index in [2.05, 4.69) is 42.3 Å². The van der Waals surface area contributed by atoms with Crippen molar-refractivity contribution < 1.29 is 4.74 Å². The Kier molecular flexibility index (Phi) is 3.17. The number of epoxide rings is 1. The van der Waals surface area contributed by atoms with Gasteiger partial charge in [0.05, 0.1) is 12.2 Å². The maximum Gasteiger partial charge on any atom is 0.0882 e. The molecule has 0 aromatic heterocycles. The van der Waals surface area contributed by atoms with Gasteiger partial charge in [-0.3, -0.25) is 0 Å². The van der Waals surface area contributed by atoms with Crippen molar-refractivity contribution in [3.8, 4) is 0 Å². The molecule has 1 aliphatic heterocycles. The van der Waals surface area contributed by atoms with Gasteiger partial charge >= 0.3 is 0 Å². The molecule has 0 N–H and O–H groups in total. The molecule has 2 fully saturated rings. The van der Waals surface area contributed by atoms with Crippen LogP contribution in [0.15, 0.2) is 30.3 Å². The Morgan fingerprint density at radius 1 is 1.24 bits per heavy atom. The van der Waals surface area contributed by atoms with E-state index in [1.807, 2.05) is 0 Å². The summed E-state index contributed by atoms with van der Waals surface area (Å²) in [6.07, 6.45) is 5.19. The van der Waals surface area contributed by atoms with Crippen LogP contribution in [0.1, 0.15) is 24.8 Å². The first-order chi connectivity index (χ1) is 8.33. The third kappa shape index (κ3) is 2.70. The van der Waals surface area contributed by atoms with Crippen molar-refractivity contribution in [1.29, 1.82) is 0 Å². The van der Waals surface area contributed by atoms with Crippen LogP contribution in [0, 0.1) is 5.92 Å². The van der Waals surface area contributed by atoms with Gasteiger partial charge in [0.2, 0.25) is 0 Å². The smallest absolute Gasteiger partial charge is 0.0882 e. The number of nitrogens with zero attached hydrogens (tertiary/aromatic N) is 1. The van der Waals surface area contributed by atoms with Crippen molar-refractivity contribution in [3.63, 3.8) is 0 Å². The molecule has 92 valence electrons. The van der Waals surface area contributed by atoms with Crippen molar-refractivity contribution >= 4 is 0 Å². The molecular weight excluding hydrogens is 210 g/mol. The van der Waals surface area contributed by atoms with E-state index in [4.69, 9.17) is 4.74 Å². The first-order valence-corrected chi connectivity index (χ1v) is 6.71. The second-order valence-corrected chi connectivity index (χ2v) is 5.51. The molecule has 17 heavy (non-hydrogen) atoms.